The van der Waals surface area contributed by atoms with Gasteiger partial charge in [-0.3, -0.25) is 4.57 Å². The summed E-state index contributed by atoms with van der Waals surface area (Å²) < 4.78 is 1.96. The Hall–Kier alpha value is -1.10. The summed E-state index contributed by atoms with van der Waals surface area (Å²) in [5.41, 5.74) is 5.62. The van der Waals surface area contributed by atoms with Crippen LogP contribution in [0.15, 0.2) is 4.79 Å². The normalized spacial score (nSPS) is 39.9. The zero-order chi connectivity index (χ0) is 13.0. The summed E-state index contributed by atoms with van der Waals surface area (Å²) in [6.07, 6.45) is 7.40. The zero-order valence-corrected chi connectivity index (χ0v) is 11.2. The van der Waals surface area contributed by atoms with Crippen LogP contribution in [0.2, 0.25) is 0 Å². The molecule has 5 rings (SSSR count). The predicted molar refractivity (Wildman–Crippen MR) is 71.7 cm³/mol. The second-order valence-corrected chi connectivity index (χ2v) is 6.77. The Balaban J connectivity index is 1.72. The topological polar surface area (TPSA) is 76.7 Å². The van der Waals surface area contributed by atoms with Gasteiger partial charge in [0, 0.05) is 12.5 Å². The van der Waals surface area contributed by atoms with E-state index in [2.05, 4.69) is 10.2 Å². The molecule has 3 N–H and O–H groups in total. The molecule has 5 heteroatoms. The van der Waals surface area contributed by atoms with E-state index in [1.54, 1.807) is 0 Å². The van der Waals surface area contributed by atoms with Crippen molar-refractivity contribution in [1.82, 2.24) is 14.8 Å². The van der Waals surface area contributed by atoms with Gasteiger partial charge in [-0.15, -0.1) is 0 Å². The molecule has 0 saturated heterocycles. The summed E-state index contributed by atoms with van der Waals surface area (Å²) in [6.45, 7) is 0.553. The van der Waals surface area contributed by atoms with E-state index >= 15 is 0 Å². The van der Waals surface area contributed by atoms with E-state index in [0.29, 0.717) is 30.8 Å². The van der Waals surface area contributed by atoms with Gasteiger partial charge in [-0.1, -0.05) is 0 Å². The van der Waals surface area contributed by atoms with Crippen molar-refractivity contribution in [3.63, 3.8) is 0 Å². The quantitative estimate of drug-likeness (QED) is 0.855. The molecule has 0 aromatic carbocycles. The fourth-order valence-corrected chi connectivity index (χ4v) is 5.27. The first-order valence-corrected chi connectivity index (χ1v) is 7.62. The minimum Gasteiger partial charge on any atom is -0.330 e. The number of aromatic nitrogens is 3. The molecule has 0 spiro atoms. The molecule has 104 valence electrons. The first-order chi connectivity index (χ1) is 9.26. The van der Waals surface area contributed by atoms with E-state index < -0.39 is 0 Å². The largest absolute Gasteiger partial charge is 0.343 e. The SMILES string of the molecule is NCCc1n[nH]c(=O)n1C1C2CC3CC(C2)CC1C3. The molecule has 4 bridgehead atoms. The third-order valence-electron chi connectivity index (χ3n) is 5.62. The Labute approximate surface area is 112 Å². The molecular formula is C14H22N4O. The van der Waals surface area contributed by atoms with E-state index in [1.165, 1.54) is 32.1 Å². The highest BCUT2D eigenvalue weighted by atomic mass is 16.1. The van der Waals surface area contributed by atoms with Gasteiger partial charge >= 0.3 is 5.69 Å². The Kier molecular flexibility index (Phi) is 2.59. The summed E-state index contributed by atoms with van der Waals surface area (Å²) in [5.74, 6) is 4.12. The molecule has 0 aliphatic heterocycles. The average molecular weight is 262 g/mol. The molecule has 0 unspecified atom stereocenters. The summed E-state index contributed by atoms with van der Waals surface area (Å²) in [4.78, 5) is 12.1. The lowest BCUT2D eigenvalue weighted by atomic mass is 9.54. The molecule has 1 heterocycles. The smallest absolute Gasteiger partial charge is 0.330 e. The van der Waals surface area contributed by atoms with Gasteiger partial charge in [0.2, 0.25) is 0 Å². The van der Waals surface area contributed by atoms with Crippen molar-refractivity contribution < 1.29 is 0 Å². The van der Waals surface area contributed by atoms with Crippen LogP contribution >= 0.6 is 0 Å². The number of hydrogen-bond acceptors (Lipinski definition) is 3. The zero-order valence-electron chi connectivity index (χ0n) is 11.2. The van der Waals surface area contributed by atoms with Crippen molar-refractivity contribution in [2.75, 3.05) is 6.54 Å². The number of nitrogens with one attached hydrogen (secondary N) is 1. The molecule has 4 aliphatic carbocycles. The molecule has 19 heavy (non-hydrogen) atoms. The predicted octanol–water partition coefficient (Wildman–Crippen LogP) is 1.07. The van der Waals surface area contributed by atoms with Crippen LogP contribution in [0.25, 0.3) is 0 Å². The van der Waals surface area contributed by atoms with E-state index in [-0.39, 0.29) is 5.69 Å². The third-order valence-corrected chi connectivity index (χ3v) is 5.62. The highest BCUT2D eigenvalue weighted by Crippen LogP contribution is 2.58. The lowest BCUT2D eigenvalue weighted by Gasteiger charge is -2.54. The van der Waals surface area contributed by atoms with Crippen LogP contribution in [0.1, 0.15) is 44.0 Å². The van der Waals surface area contributed by atoms with Gasteiger partial charge in [-0.2, -0.15) is 5.10 Å². The van der Waals surface area contributed by atoms with Crippen LogP contribution in [0.5, 0.6) is 0 Å². The van der Waals surface area contributed by atoms with Crippen molar-refractivity contribution in [3.05, 3.63) is 16.3 Å². The van der Waals surface area contributed by atoms with Crippen molar-refractivity contribution in [2.45, 2.75) is 44.6 Å². The van der Waals surface area contributed by atoms with E-state index in [4.69, 9.17) is 5.73 Å². The summed E-state index contributed by atoms with van der Waals surface area (Å²) >= 11 is 0. The molecule has 5 nitrogen and oxygen atoms in total. The number of nitrogens with zero attached hydrogens (tertiary/aromatic N) is 2. The molecule has 0 radical (unpaired) electrons. The van der Waals surface area contributed by atoms with Gasteiger partial charge < -0.3 is 5.73 Å². The highest BCUT2D eigenvalue weighted by molar-refractivity contribution is 5.04. The summed E-state index contributed by atoms with van der Waals surface area (Å²) in [6, 6.07) is 0.389. The van der Waals surface area contributed by atoms with Crippen molar-refractivity contribution in [3.8, 4) is 0 Å². The lowest BCUT2D eigenvalue weighted by Crippen LogP contribution is -2.48. The number of rotatable bonds is 3. The maximum Gasteiger partial charge on any atom is 0.343 e. The molecular weight excluding hydrogens is 240 g/mol. The number of nitrogens with two attached hydrogens (primary N) is 1. The standard InChI is InChI=1S/C14H22N4O/c15-2-1-12-16-17-14(19)18(12)13-10-4-8-3-9(6-10)7-11(13)5-8/h8-11,13H,1-7,15H2,(H,17,19). The Morgan fingerprint density at radius 2 is 1.79 bits per heavy atom. The minimum atomic E-state index is -0.0269. The molecule has 4 aliphatic rings. The molecule has 4 saturated carbocycles. The van der Waals surface area contributed by atoms with Crippen molar-refractivity contribution in [2.24, 2.45) is 29.4 Å². The van der Waals surface area contributed by atoms with E-state index in [0.717, 1.165) is 17.7 Å². The van der Waals surface area contributed by atoms with Crippen LogP contribution < -0.4 is 11.4 Å². The minimum absolute atomic E-state index is 0.0269. The number of hydrogen-bond donors (Lipinski definition) is 2. The van der Waals surface area contributed by atoms with Gasteiger partial charge in [0.1, 0.15) is 5.82 Å². The number of H-pyrrole nitrogens is 1. The molecule has 0 amide bonds. The van der Waals surface area contributed by atoms with E-state index in [1.807, 2.05) is 4.57 Å². The number of aromatic amines is 1. The molecule has 0 atom stereocenters. The van der Waals surface area contributed by atoms with Gasteiger partial charge in [-0.05, 0) is 62.3 Å². The first-order valence-electron chi connectivity index (χ1n) is 7.62. The second-order valence-electron chi connectivity index (χ2n) is 6.77. The van der Waals surface area contributed by atoms with Crippen molar-refractivity contribution in [1.29, 1.82) is 0 Å². The molecule has 4 fully saturated rings. The first kappa shape index (κ1) is 11.7. The molecule has 1 aromatic heterocycles. The molecule has 1 aromatic rings. The van der Waals surface area contributed by atoms with Gasteiger partial charge in [-0.25, -0.2) is 9.89 Å². The third kappa shape index (κ3) is 1.71. The summed E-state index contributed by atoms with van der Waals surface area (Å²) in [7, 11) is 0. The average Bonchev–Trinajstić information content (AvgIpc) is 2.71. The maximum absolute atomic E-state index is 12.1. The Bertz CT molecular complexity index is 504. The monoisotopic (exact) mass is 262 g/mol. The van der Waals surface area contributed by atoms with Gasteiger partial charge in [0.05, 0.1) is 0 Å². The van der Waals surface area contributed by atoms with Crippen LogP contribution in [-0.4, -0.2) is 21.3 Å². The fraction of sp³-hybridized carbons (Fsp3) is 0.857. The highest BCUT2D eigenvalue weighted by Gasteiger charge is 2.49. The van der Waals surface area contributed by atoms with Gasteiger partial charge in [0.25, 0.3) is 0 Å². The van der Waals surface area contributed by atoms with Crippen LogP contribution in [0.4, 0.5) is 0 Å². The second kappa shape index (κ2) is 4.20. The van der Waals surface area contributed by atoms with Crippen molar-refractivity contribution >= 4 is 0 Å². The lowest BCUT2D eigenvalue weighted by molar-refractivity contribution is -0.0313. The Morgan fingerprint density at radius 3 is 2.37 bits per heavy atom. The van der Waals surface area contributed by atoms with Crippen LogP contribution in [-0.2, 0) is 6.42 Å². The maximum atomic E-state index is 12.1. The summed E-state index contributed by atoms with van der Waals surface area (Å²) in [5, 5.41) is 6.82. The Morgan fingerprint density at radius 1 is 1.16 bits per heavy atom. The van der Waals surface area contributed by atoms with Gasteiger partial charge in [0.15, 0.2) is 0 Å². The van der Waals surface area contributed by atoms with Crippen LogP contribution in [0, 0.1) is 23.7 Å². The van der Waals surface area contributed by atoms with E-state index in [9.17, 15) is 4.79 Å². The fourth-order valence-electron chi connectivity index (χ4n) is 5.27. The van der Waals surface area contributed by atoms with Crippen LogP contribution in [0.3, 0.4) is 0 Å².